The van der Waals surface area contributed by atoms with Gasteiger partial charge in [-0.1, -0.05) is 45.1 Å². The maximum atomic E-state index is 9.47. The van der Waals surface area contributed by atoms with E-state index in [1.165, 1.54) is 25.7 Å². The van der Waals surface area contributed by atoms with Crippen molar-refractivity contribution in [2.75, 3.05) is 19.8 Å². The fourth-order valence-corrected chi connectivity index (χ4v) is 3.67. The monoisotopic (exact) mass is 429 g/mol. The van der Waals surface area contributed by atoms with Gasteiger partial charge in [0.25, 0.3) is 0 Å². The highest BCUT2D eigenvalue weighted by atomic mass is 32.1. The molecule has 0 fully saturated rings. The van der Waals surface area contributed by atoms with Crippen molar-refractivity contribution < 1.29 is 14.2 Å². The third kappa shape index (κ3) is 6.56. The summed E-state index contributed by atoms with van der Waals surface area (Å²) in [6, 6.07) is 9.13. The van der Waals surface area contributed by atoms with Gasteiger partial charge in [0.15, 0.2) is 16.5 Å². The van der Waals surface area contributed by atoms with Crippen molar-refractivity contribution >= 4 is 18.3 Å². The Morgan fingerprint density at radius 3 is 2.20 bits per heavy atom. The number of benzene rings is 2. The minimum atomic E-state index is 0.423. The van der Waals surface area contributed by atoms with Gasteiger partial charge < -0.3 is 14.2 Å². The van der Waals surface area contributed by atoms with E-state index in [0.717, 1.165) is 18.4 Å². The van der Waals surface area contributed by atoms with E-state index < -0.39 is 0 Å². The molecule has 0 amide bonds. The Bertz CT molecular complexity index is 849. The number of hydrogen-bond acceptors (Lipinski definition) is 5. The van der Waals surface area contributed by atoms with Gasteiger partial charge in [-0.05, 0) is 32.4 Å². The molecule has 0 saturated carbocycles. The van der Waals surface area contributed by atoms with Crippen molar-refractivity contribution in [1.29, 1.82) is 5.39 Å². The third-order valence-corrected chi connectivity index (χ3v) is 5.17. The summed E-state index contributed by atoms with van der Waals surface area (Å²) in [5.41, 5.74) is 1.87. The molecule has 0 aliphatic carbocycles. The van der Waals surface area contributed by atoms with Crippen molar-refractivity contribution in [3.8, 4) is 28.4 Å². The highest BCUT2D eigenvalue weighted by molar-refractivity contribution is 7.80. The van der Waals surface area contributed by atoms with Gasteiger partial charge in [-0.15, -0.1) is 12.6 Å². The van der Waals surface area contributed by atoms with E-state index in [2.05, 4.69) is 24.5 Å². The molecule has 0 unspecified atom stereocenters. The van der Waals surface area contributed by atoms with E-state index >= 15 is 0 Å². The predicted molar refractivity (Wildman–Crippen MR) is 125 cm³/mol. The molecule has 30 heavy (non-hydrogen) atoms. The average molecular weight is 430 g/mol. The van der Waals surface area contributed by atoms with Crippen molar-refractivity contribution in [3.63, 3.8) is 0 Å². The molecule has 6 heteroatoms. The van der Waals surface area contributed by atoms with Crippen LogP contribution in [0.5, 0.6) is 17.2 Å². The molecule has 0 bridgehead atoms. The minimum absolute atomic E-state index is 0.423. The summed E-state index contributed by atoms with van der Waals surface area (Å²) < 4.78 is 17.8. The molecule has 0 aromatic heterocycles. The van der Waals surface area contributed by atoms with Crippen molar-refractivity contribution in [3.05, 3.63) is 35.3 Å². The molecule has 0 N–H and O–H groups in total. The van der Waals surface area contributed by atoms with E-state index in [1.807, 2.05) is 32.0 Å². The topological polar surface area (TPSA) is 55.8 Å². The molecule has 0 heterocycles. The zero-order chi connectivity index (χ0) is 21.8. The molecule has 2 aromatic rings. The lowest BCUT2D eigenvalue weighted by Crippen LogP contribution is -2.03. The lowest BCUT2D eigenvalue weighted by Gasteiger charge is -2.17. The summed E-state index contributed by atoms with van der Waals surface area (Å²) >= 11 is 4.57. The molecule has 162 valence electrons. The number of ether oxygens (including phenoxy) is 3. The SMILES string of the molecule is CCCCCCCCOc1cc(OCC)c(-c2c(S)cccc2[N+]#N)cc1OCC. The Labute approximate surface area is 185 Å². The summed E-state index contributed by atoms with van der Waals surface area (Å²) in [6.45, 7) is 7.74. The second-order valence-electron chi connectivity index (χ2n) is 7.05. The normalized spacial score (nSPS) is 10.5. The van der Waals surface area contributed by atoms with E-state index in [0.29, 0.717) is 53.2 Å². The van der Waals surface area contributed by atoms with Crippen LogP contribution in [-0.2, 0) is 0 Å². The Morgan fingerprint density at radius 2 is 1.50 bits per heavy atom. The number of rotatable bonds is 13. The summed E-state index contributed by atoms with van der Waals surface area (Å²) in [5, 5.41) is 9.47. The number of thiol groups is 1. The minimum Gasteiger partial charge on any atom is -0.493 e. The Morgan fingerprint density at radius 1 is 0.833 bits per heavy atom. The van der Waals surface area contributed by atoms with Gasteiger partial charge in [0, 0.05) is 22.6 Å². The van der Waals surface area contributed by atoms with Crippen LogP contribution in [0.3, 0.4) is 0 Å². The summed E-state index contributed by atoms with van der Waals surface area (Å²) in [6.07, 6.45) is 7.24. The van der Waals surface area contributed by atoms with Crippen LogP contribution >= 0.6 is 12.6 Å². The number of hydrogen-bond donors (Lipinski definition) is 1. The van der Waals surface area contributed by atoms with Gasteiger partial charge >= 0.3 is 5.69 Å². The molecule has 0 spiro atoms. The second kappa shape index (κ2) is 13.0. The largest absolute Gasteiger partial charge is 0.493 e. The van der Waals surface area contributed by atoms with Gasteiger partial charge in [-0.3, -0.25) is 0 Å². The first-order valence-electron chi connectivity index (χ1n) is 10.9. The first-order valence-corrected chi connectivity index (χ1v) is 11.3. The van der Waals surface area contributed by atoms with Crippen LogP contribution in [0.4, 0.5) is 5.69 Å². The van der Waals surface area contributed by atoms with Crippen molar-refractivity contribution in [1.82, 2.24) is 0 Å². The molecule has 0 atom stereocenters. The smallest absolute Gasteiger partial charge is 0.394 e. The lowest BCUT2D eigenvalue weighted by atomic mass is 10.0. The van der Waals surface area contributed by atoms with Crippen LogP contribution < -0.4 is 14.2 Å². The van der Waals surface area contributed by atoms with Gasteiger partial charge in [0.1, 0.15) is 5.75 Å². The van der Waals surface area contributed by atoms with E-state index in [1.54, 1.807) is 12.1 Å². The molecule has 0 aliphatic heterocycles. The molecule has 2 aromatic carbocycles. The van der Waals surface area contributed by atoms with Gasteiger partial charge in [0.05, 0.1) is 25.4 Å². The van der Waals surface area contributed by atoms with Gasteiger partial charge in [0.2, 0.25) is 5.39 Å². The maximum Gasteiger partial charge on any atom is 0.394 e. The third-order valence-electron chi connectivity index (χ3n) is 4.80. The summed E-state index contributed by atoms with van der Waals surface area (Å²) in [5.74, 6) is 1.95. The zero-order valence-electron chi connectivity index (χ0n) is 18.3. The Balaban J connectivity index is 2.30. The van der Waals surface area contributed by atoms with Crippen LogP contribution in [0.1, 0.15) is 59.3 Å². The Hall–Kier alpha value is -2.39. The number of unbranched alkanes of at least 4 members (excludes halogenated alkanes) is 5. The highest BCUT2D eigenvalue weighted by Gasteiger charge is 2.24. The molecule has 0 radical (unpaired) electrons. The standard InChI is InChI=1S/C24H32N2O3S/c1-4-7-8-9-10-11-15-29-22-17-20(27-5-2)18(16-21(22)28-6-3)24-19(26-25)13-12-14-23(24)30/h12-14,16-17H,4-11,15H2,1-3H3/p+1. The molecule has 5 nitrogen and oxygen atoms in total. The van der Waals surface area contributed by atoms with E-state index in [-0.39, 0.29) is 0 Å². The van der Waals surface area contributed by atoms with Crippen LogP contribution in [0, 0.1) is 5.39 Å². The van der Waals surface area contributed by atoms with E-state index in [4.69, 9.17) is 14.2 Å². The molecular weight excluding hydrogens is 396 g/mol. The quantitative estimate of drug-likeness (QED) is 0.202. The first-order chi connectivity index (χ1) is 14.7. The van der Waals surface area contributed by atoms with Crippen molar-refractivity contribution in [2.24, 2.45) is 0 Å². The molecular formula is C24H33N2O3S+. The van der Waals surface area contributed by atoms with Gasteiger partial charge in [-0.25, -0.2) is 0 Å². The lowest BCUT2D eigenvalue weighted by molar-refractivity contribution is 0.267. The first kappa shape index (κ1) is 23.9. The fraction of sp³-hybridized carbons (Fsp3) is 0.500. The highest BCUT2D eigenvalue weighted by Crippen LogP contribution is 2.45. The molecule has 2 rings (SSSR count). The fourth-order valence-electron chi connectivity index (χ4n) is 3.34. The zero-order valence-corrected chi connectivity index (χ0v) is 19.2. The van der Waals surface area contributed by atoms with Crippen LogP contribution in [0.25, 0.3) is 16.1 Å². The van der Waals surface area contributed by atoms with Crippen LogP contribution in [0.2, 0.25) is 0 Å². The average Bonchev–Trinajstić information content (AvgIpc) is 2.75. The Kier molecular flexibility index (Phi) is 10.4. The van der Waals surface area contributed by atoms with Crippen LogP contribution in [-0.4, -0.2) is 19.8 Å². The van der Waals surface area contributed by atoms with Crippen molar-refractivity contribution in [2.45, 2.75) is 64.2 Å². The number of diazo groups is 1. The van der Waals surface area contributed by atoms with Crippen LogP contribution in [0.15, 0.2) is 35.2 Å². The molecule has 0 saturated heterocycles. The second-order valence-corrected chi connectivity index (χ2v) is 7.53. The predicted octanol–water partition coefficient (Wildman–Crippen LogP) is 7.66. The summed E-state index contributed by atoms with van der Waals surface area (Å²) in [4.78, 5) is 4.11. The van der Waals surface area contributed by atoms with Gasteiger partial charge in [-0.2, -0.15) is 0 Å². The maximum absolute atomic E-state index is 9.47. The van der Waals surface area contributed by atoms with E-state index in [9.17, 15) is 5.39 Å². The number of nitrogens with zero attached hydrogens (tertiary/aromatic N) is 2. The molecule has 0 aliphatic rings. The summed E-state index contributed by atoms with van der Waals surface area (Å²) in [7, 11) is 0.